The van der Waals surface area contributed by atoms with Crippen LogP contribution in [-0.2, 0) is 16.0 Å². The van der Waals surface area contributed by atoms with Crippen LogP contribution in [0.15, 0.2) is 51.7 Å². The van der Waals surface area contributed by atoms with E-state index >= 15 is 0 Å². The Labute approximate surface area is 129 Å². The number of aliphatic imine (C=N–C) groups is 1. The standard InChI is InChI=1S/C18H17NO3/c1-12-5-6-14(13(2)10-12)11-16-18(20)22-17(19-16)8-7-15-4-3-9-21-15/h3-6,9-11H,7-8H2,1-2H3/b16-11-. The van der Waals surface area contributed by atoms with Gasteiger partial charge in [0.2, 0.25) is 0 Å². The molecule has 112 valence electrons. The number of furan rings is 1. The van der Waals surface area contributed by atoms with Crippen LogP contribution in [0.4, 0.5) is 0 Å². The normalized spacial score (nSPS) is 16.0. The minimum Gasteiger partial charge on any atom is -0.469 e. The van der Waals surface area contributed by atoms with E-state index in [1.807, 2.05) is 38.1 Å². The van der Waals surface area contributed by atoms with E-state index in [2.05, 4.69) is 11.1 Å². The average Bonchev–Trinajstić information content (AvgIpc) is 3.10. The highest BCUT2D eigenvalue weighted by atomic mass is 16.6. The molecule has 1 aliphatic rings. The van der Waals surface area contributed by atoms with Crippen molar-refractivity contribution >= 4 is 17.9 Å². The first-order valence-corrected chi connectivity index (χ1v) is 7.23. The zero-order chi connectivity index (χ0) is 15.5. The molecule has 0 atom stereocenters. The van der Waals surface area contributed by atoms with E-state index in [-0.39, 0.29) is 0 Å². The van der Waals surface area contributed by atoms with Crippen molar-refractivity contribution in [3.8, 4) is 0 Å². The van der Waals surface area contributed by atoms with Crippen LogP contribution in [0.3, 0.4) is 0 Å². The van der Waals surface area contributed by atoms with Gasteiger partial charge in [-0.1, -0.05) is 23.8 Å². The molecule has 0 bridgehead atoms. The molecule has 0 unspecified atom stereocenters. The molecule has 0 saturated heterocycles. The Balaban J connectivity index is 1.75. The molecule has 2 heterocycles. The lowest BCUT2D eigenvalue weighted by Gasteiger charge is -2.01. The van der Waals surface area contributed by atoms with Crippen LogP contribution in [0, 0.1) is 13.8 Å². The van der Waals surface area contributed by atoms with Gasteiger partial charge < -0.3 is 9.15 Å². The number of cyclic esters (lactones) is 1. The van der Waals surface area contributed by atoms with Crippen molar-refractivity contribution in [3.63, 3.8) is 0 Å². The van der Waals surface area contributed by atoms with Gasteiger partial charge in [-0.15, -0.1) is 0 Å². The molecule has 0 aliphatic carbocycles. The zero-order valence-corrected chi connectivity index (χ0v) is 12.6. The van der Waals surface area contributed by atoms with Gasteiger partial charge in [0.25, 0.3) is 0 Å². The molecule has 1 aromatic carbocycles. The van der Waals surface area contributed by atoms with Crippen LogP contribution < -0.4 is 0 Å². The van der Waals surface area contributed by atoms with Crippen molar-refractivity contribution in [3.05, 3.63) is 64.7 Å². The SMILES string of the molecule is Cc1ccc(/C=C2\N=C(CCc3ccco3)OC2=O)c(C)c1. The number of nitrogens with zero attached hydrogens (tertiary/aromatic N) is 1. The second-order valence-corrected chi connectivity index (χ2v) is 5.36. The molecule has 0 N–H and O–H groups in total. The number of ether oxygens (including phenoxy) is 1. The number of rotatable bonds is 4. The van der Waals surface area contributed by atoms with Crippen molar-refractivity contribution in [2.75, 3.05) is 0 Å². The van der Waals surface area contributed by atoms with Crippen molar-refractivity contribution in [2.24, 2.45) is 4.99 Å². The predicted octanol–water partition coefficient (Wildman–Crippen LogP) is 3.83. The van der Waals surface area contributed by atoms with E-state index in [1.165, 1.54) is 5.56 Å². The molecular weight excluding hydrogens is 278 g/mol. The Hall–Kier alpha value is -2.62. The summed E-state index contributed by atoms with van der Waals surface area (Å²) in [5.74, 6) is 0.900. The summed E-state index contributed by atoms with van der Waals surface area (Å²) in [5.41, 5.74) is 3.63. The fraction of sp³-hybridized carbons (Fsp3) is 0.222. The number of hydrogen-bond donors (Lipinski definition) is 0. The van der Waals surface area contributed by atoms with Crippen LogP contribution in [0.2, 0.25) is 0 Å². The van der Waals surface area contributed by atoms with E-state index < -0.39 is 5.97 Å². The van der Waals surface area contributed by atoms with Gasteiger partial charge in [-0.25, -0.2) is 9.79 Å². The molecule has 3 rings (SSSR count). The van der Waals surface area contributed by atoms with E-state index in [0.29, 0.717) is 24.4 Å². The van der Waals surface area contributed by atoms with Crippen LogP contribution >= 0.6 is 0 Å². The van der Waals surface area contributed by atoms with Gasteiger partial charge in [0.1, 0.15) is 5.76 Å². The molecule has 2 aromatic rings. The van der Waals surface area contributed by atoms with Gasteiger partial charge in [0.05, 0.1) is 6.26 Å². The minimum atomic E-state index is -0.394. The van der Waals surface area contributed by atoms with E-state index in [0.717, 1.165) is 16.9 Å². The number of hydrogen-bond acceptors (Lipinski definition) is 4. The highest BCUT2D eigenvalue weighted by Crippen LogP contribution is 2.20. The lowest BCUT2D eigenvalue weighted by Crippen LogP contribution is -2.04. The summed E-state index contributed by atoms with van der Waals surface area (Å²) in [6.07, 6.45) is 4.61. The molecular formula is C18H17NO3. The smallest absolute Gasteiger partial charge is 0.363 e. The summed E-state index contributed by atoms with van der Waals surface area (Å²) in [7, 11) is 0. The van der Waals surface area contributed by atoms with Gasteiger partial charge in [-0.05, 0) is 43.2 Å². The van der Waals surface area contributed by atoms with Crippen molar-refractivity contribution in [1.82, 2.24) is 0 Å². The molecule has 0 spiro atoms. The van der Waals surface area contributed by atoms with E-state index in [1.54, 1.807) is 12.3 Å². The number of carbonyl (C=O) groups is 1. The fourth-order valence-corrected chi connectivity index (χ4v) is 2.38. The van der Waals surface area contributed by atoms with Crippen LogP contribution in [0.25, 0.3) is 6.08 Å². The summed E-state index contributed by atoms with van der Waals surface area (Å²) >= 11 is 0. The van der Waals surface area contributed by atoms with E-state index in [4.69, 9.17) is 9.15 Å². The lowest BCUT2D eigenvalue weighted by molar-refractivity contribution is -0.130. The maximum Gasteiger partial charge on any atom is 0.363 e. The Morgan fingerprint density at radius 1 is 1.18 bits per heavy atom. The molecule has 1 aromatic heterocycles. The summed E-state index contributed by atoms with van der Waals surface area (Å²) in [6.45, 7) is 4.06. The van der Waals surface area contributed by atoms with Gasteiger partial charge in [0.15, 0.2) is 11.6 Å². The summed E-state index contributed by atoms with van der Waals surface area (Å²) < 4.78 is 10.5. The molecule has 4 nitrogen and oxygen atoms in total. The number of carbonyl (C=O) groups excluding carboxylic acids is 1. The predicted molar refractivity (Wildman–Crippen MR) is 84.4 cm³/mol. The molecule has 0 amide bonds. The fourth-order valence-electron chi connectivity index (χ4n) is 2.38. The van der Waals surface area contributed by atoms with Gasteiger partial charge >= 0.3 is 5.97 Å². The van der Waals surface area contributed by atoms with Crippen molar-refractivity contribution in [1.29, 1.82) is 0 Å². The highest BCUT2D eigenvalue weighted by Gasteiger charge is 2.23. The molecule has 22 heavy (non-hydrogen) atoms. The average molecular weight is 295 g/mol. The van der Waals surface area contributed by atoms with Crippen LogP contribution in [-0.4, -0.2) is 11.9 Å². The summed E-state index contributed by atoms with van der Waals surface area (Å²) in [6, 6.07) is 9.81. The minimum absolute atomic E-state index is 0.349. The van der Waals surface area contributed by atoms with Gasteiger partial charge in [0, 0.05) is 12.8 Å². The third kappa shape index (κ3) is 3.17. The first-order valence-electron chi connectivity index (χ1n) is 7.23. The third-order valence-electron chi connectivity index (χ3n) is 3.55. The number of esters is 1. The topological polar surface area (TPSA) is 51.8 Å². The zero-order valence-electron chi connectivity index (χ0n) is 12.6. The molecule has 0 radical (unpaired) electrons. The summed E-state index contributed by atoms with van der Waals surface area (Å²) in [4.78, 5) is 16.2. The Morgan fingerprint density at radius 2 is 2.05 bits per heavy atom. The largest absolute Gasteiger partial charge is 0.469 e. The lowest BCUT2D eigenvalue weighted by atomic mass is 10.0. The maximum atomic E-state index is 11.9. The van der Waals surface area contributed by atoms with Gasteiger partial charge in [-0.2, -0.15) is 0 Å². The van der Waals surface area contributed by atoms with Crippen LogP contribution in [0.5, 0.6) is 0 Å². The van der Waals surface area contributed by atoms with Crippen LogP contribution in [0.1, 0.15) is 28.9 Å². The van der Waals surface area contributed by atoms with Gasteiger partial charge in [-0.3, -0.25) is 0 Å². The quantitative estimate of drug-likeness (QED) is 0.636. The Morgan fingerprint density at radius 3 is 2.77 bits per heavy atom. The third-order valence-corrected chi connectivity index (χ3v) is 3.55. The van der Waals surface area contributed by atoms with Crippen molar-refractivity contribution < 1.29 is 13.9 Å². The first-order chi connectivity index (χ1) is 10.6. The second kappa shape index (κ2) is 6.02. The number of benzene rings is 1. The number of aryl methyl sites for hydroxylation is 3. The highest BCUT2D eigenvalue weighted by molar-refractivity contribution is 6.07. The monoisotopic (exact) mass is 295 g/mol. The molecule has 1 aliphatic heterocycles. The maximum absolute atomic E-state index is 11.9. The molecule has 0 fully saturated rings. The van der Waals surface area contributed by atoms with E-state index in [9.17, 15) is 4.79 Å². The molecule has 4 heteroatoms. The van der Waals surface area contributed by atoms with Crippen molar-refractivity contribution in [2.45, 2.75) is 26.7 Å². The Kier molecular flexibility index (Phi) is 3.92. The Bertz CT molecular complexity index is 755. The molecule has 0 saturated carbocycles. The second-order valence-electron chi connectivity index (χ2n) is 5.36. The summed E-state index contributed by atoms with van der Waals surface area (Å²) in [5, 5.41) is 0. The first kappa shape index (κ1) is 14.3.